The minimum Gasteiger partial charge on any atom is -0.354 e. The molecule has 1 fully saturated rings. The molecule has 0 spiro atoms. The predicted molar refractivity (Wildman–Crippen MR) is 107 cm³/mol. The number of rotatable bonds is 4. The zero-order valence-corrected chi connectivity index (χ0v) is 15.8. The number of amides is 1. The van der Waals surface area contributed by atoms with E-state index in [-0.39, 0.29) is 5.91 Å². The van der Waals surface area contributed by atoms with Crippen molar-refractivity contribution in [2.75, 3.05) is 37.7 Å². The summed E-state index contributed by atoms with van der Waals surface area (Å²) >= 11 is 5.97. The molecule has 2 aliphatic rings. The lowest BCUT2D eigenvalue weighted by Crippen LogP contribution is -2.51. The number of halogens is 1. The maximum Gasteiger partial charge on any atom is 0.244 e. The van der Waals surface area contributed by atoms with Crippen LogP contribution in [0.25, 0.3) is 0 Å². The summed E-state index contributed by atoms with van der Waals surface area (Å²) in [6, 6.07) is 13.6. The van der Waals surface area contributed by atoms with Gasteiger partial charge >= 0.3 is 0 Å². The Morgan fingerprint density at radius 3 is 2.44 bits per heavy atom. The molecule has 0 unspecified atom stereocenters. The van der Waals surface area contributed by atoms with E-state index in [1.54, 1.807) is 5.01 Å². The summed E-state index contributed by atoms with van der Waals surface area (Å²) < 4.78 is 0. The van der Waals surface area contributed by atoms with Gasteiger partial charge in [0.05, 0.1) is 12.4 Å². The highest BCUT2D eigenvalue weighted by atomic mass is 35.5. The first-order valence-corrected chi connectivity index (χ1v) is 9.59. The average molecular weight is 384 g/mol. The highest BCUT2D eigenvalue weighted by Gasteiger charge is 2.25. The van der Waals surface area contributed by atoms with E-state index in [9.17, 15) is 4.79 Å². The third kappa shape index (κ3) is 4.28. The van der Waals surface area contributed by atoms with Gasteiger partial charge < -0.3 is 4.90 Å². The van der Waals surface area contributed by atoms with Crippen LogP contribution >= 0.6 is 11.6 Å². The minimum atomic E-state index is 0.0832. The van der Waals surface area contributed by atoms with Crippen LogP contribution in [0.1, 0.15) is 18.4 Å². The summed E-state index contributed by atoms with van der Waals surface area (Å²) in [6.45, 7) is 4.09. The molecule has 0 aliphatic carbocycles. The molecule has 3 heterocycles. The molecule has 1 amide bonds. The van der Waals surface area contributed by atoms with Crippen molar-refractivity contribution in [1.82, 2.24) is 14.9 Å². The number of hydrogen-bond donors (Lipinski definition) is 0. The number of hydrazone groups is 1. The number of pyridine rings is 1. The van der Waals surface area contributed by atoms with Crippen molar-refractivity contribution < 1.29 is 4.79 Å². The molecular weight excluding hydrogens is 362 g/mol. The first-order valence-electron chi connectivity index (χ1n) is 9.21. The van der Waals surface area contributed by atoms with E-state index in [4.69, 9.17) is 11.6 Å². The fraction of sp³-hybridized carbons (Fsp3) is 0.350. The Balaban J connectivity index is 1.39. The molecule has 0 radical (unpaired) electrons. The lowest BCUT2D eigenvalue weighted by molar-refractivity contribution is -0.134. The Morgan fingerprint density at radius 1 is 0.963 bits per heavy atom. The highest BCUT2D eigenvalue weighted by Crippen LogP contribution is 2.19. The predicted octanol–water partition coefficient (Wildman–Crippen LogP) is 2.84. The van der Waals surface area contributed by atoms with E-state index >= 15 is 0 Å². The molecule has 1 aromatic heterocycles. The van der Waals surface area contributed by atoms with Gasteiger partial charge in [-0.2, -0.15) is 5.10 Å². The molecule has 4 rings (SSSR count). The smallest absolute Gasteiger partial charge is 0.244 e. The van der Waals surface area contributed by atoms with Crippen molar-refractivity contribution in [2.45, 2.75) is 12.8 Å². The number of anilines is 1. The second-order valence-corrected chi connectivity index (χ2v) is 7.22. The van der Waals surface area contributed by atoms with Gasteiger partial charge in [0.15, 0.2) is 0 Å². The molecule has 27 heavy (non-hydrogen) atoms. The van der Waals surface area contributed by atoms with E-state index in [1.165, 1.54) is 0 Å². The quantitative estimate of drug-likeness (QED) is 0.814. The van der Waals surface area contributed by atoms with Gasteiger partial charge in [-0.05, 0) is 29.8 Å². The first kappa shape index (κ1) is 17.9. The molecule has 2 aliphatic heterocycles. The molecule has 1 saturated heterocycles. The van der Waals surface area contributed by atoms with Gasteiger partial charge in [0.25, 0.3) is 0 Å². The third-order valence-corrected chi connectivity index (χ3v) is 5.21. The van der Waals surface area contributed by atoms with Gasteiger partial charge in [-0.1, -0.05) is 29.8 Å². The monoisotopic (exact) mass is 383 g/mol. The molecule has 0 bridgehead atoms. The highest BCUT2D eigenvalue weighted by molar-refractivity contribution is 6.30. The Bertz CT molecular complexity index is 816. The Labute approximate surface area is 164 Å². The lowest BCUT2D eigenvalue weighted by Gasteiger charge is -2.37. The van der Waals surface area contributed by atoms with E-state index in [0.29, 0.717) is 24.5 Å². The number of hydrogen-bond acceptors (Lipinski definition) is 5. The number of nitrogens with zero attached hydrogens (tertiary/aromatic N) is 5. The molecule has 0 atom stereocenters. The van der Waals surface area contributed by atoms with E-state index < -0.39 is 0 Å². The fourth-order valence-electron chi connectivity index (χ4n) is 3.41. The Kier molecular flexibility index (Phi) is 5.36. The number of piperazine rings is 1. The molecule has 2 aromatic rings. The van der Waals surface area contributed by atoms with Crippen LogP contribution in [-0.2, 0) is 4.79 Å². The SMILES string of the molecule is O=C1CCC(c2ccc(Cl)cc2)=NN1CN1CCN(c2ccccn2)CC1. The second kappa shape index (κ2) is 8.06. The zero-order chi connectivity index (χ0) is 18.6. The van der Waals surface area contributed by atoms with Crippen LogP contribution in [0.15, 0.2) is 53.8 Å². The van der Waals surface area contributed by atoms with E-state index in [2.05, 4.69) is 19.9 Å². The van der Waals surface area contributed by atoms with Gasteiger partial charge in [0.2, 0.25) is 5.91 Å². The molecular formula is C20H22ClN5O. The van der Waals surface area contributed by atoms with Crippen LogP contribution in [0.5, 0.6) is 0 Å². The maximum atomic E-state index is 12.3. The number of carbonyl (C=O) groups excluding carboxylic acids is 1. The van der Waals surface area contributed by atoms with Crippen LogP contribution < -0.4 is 4.90 Å². The van der Waals surface area contributed by atoms with Gasteiger partial charge in [0.1, 0.15) is 5.82 Å². The topological polar surface area (TPSA) is 52.0 Å². The standard InChI is InChI=1S/C20H22ClN5O/c21-17-6-4-16(5-7-17)18-8-9-20(27)26(23-18)15-24-11-13-25(14-12-24)19-3-1-2-10-22-19/h1-7,10H,8-9,11-15H2. The van der Waals surface area contributed by atoms with Crippen LogP contribution in [0.4, 0.5) is 5.82 Å². The summed E-state index contributed by atoms with van der Waals surface area (Å²) in [5.74, 6) is 1.09. The van der Waals surface area contributed by atoms with E-state index in [0.717, 1.165) is 43.3 Å². The van der Waals surface area contributed by atoms with Gasteiger partial charge in [-0.25, -0.2) is 9.99 Å². The van der Waals surface area contributed by atoms with Crippen LogP contribution in [-0.4, -0.2) is 59.4 Å². The van der Waals surface area contributed by atoms with Gasteiger partial charge in [0, 0.05) is 50.2 Å². The molecule has 7 heteroatoms. The summed E-state index contributed by atoms with van der Waals surface area (Å²) in [5.41, 5.74) is 1.97. The Morgan fingerprint density at radius 2 is 1.74 bits per heavy atom. The van der Waals surface area contributed by atoms with Crippen molar-refractivity contribution in [3.05, 3.63) is 59.2 Å². The molecule has 140 valence electrons. The zero-order valence-electron chi connectivity index (χ0n) is 15.1. The van der Waals surface area contributed by atoms with Crippen molar-refractivity contribution in [1.29, 1.82) is 0 Å². The largest absolute Gasteiger partial charge is 0.354 e. The number of benzene rings is 1. The van der Waals surface area contributed by atoms with Crippen molar-refractivity contribution in [3.8, 4) is 0 Å². The molecule has 0 N–H and O–H groups in total. The Hall–Kier alpha value is -2.44. The van der Waals surface area contributed by atoms with Crippen molar-refractivity contribution >= 4 is 29.0 Å². The first-order chi connectivity index (χ1) is 13.2. The molecule has 6 nitrogen and oxygen atoms in total. The van der Waals surface area contributed by atoms with Gasteiger partial charge in [-0.3, -0.25) is 9.69 Å². The fourth-order valence-corrected chi connectivity index (χ4v) is 3.54. The summed E-state index contributed by atoms with van der Waals surface area (Å²) in [4.78, 5) is 21.3. The maximum absolute atomic E-state index is 12.3. The normalized spacial score (nSPS) is 18.6. The van der Waals surface area contributed by atoms with Crippen molar-refractivity contribution in [3.63, 3.8) is 0 Å². The summed E-state index contributed by atoms with van der Waals surface area (Å²) in [6.07, 6.45) is 2.99. The van der Waals surface area contributed by atoms with Crippen LogP contribution in [0, 0.1) is 0 Å². The lowest BCUT2D eigenvalue weighted by atomic mass is 10.0. The van der Waals surface area contributed by atoms with Crippen LogP contribution in [0.3, 0.4) is 0 Å². The van der Waals surface area contributed by atoms with Gasteiger partial charge in [-0.15, -0.1) is 0 Å². The van der Waals surface area contributed by atoms with Crippen LogP contribution in [0.2, 0.25) is 5.02 Å². The summed E-state index contributed by atoms with van der Waals surface area (Å²) in [5, 5.41) is 6.94. The summed E-state index contributed by atoms with van der Waals surface area (Å²) in [7, 11) is 0. The molecule has 0 saturated carbocycles. The number of aromatic nitrogens is 1. The molecule has 1 aromatic carbocycles. The average Bonchev–Trinajstić information content (AvgIpc) is 2.71. The second-order valence-electron chi connectivity index (χ2n) is 6.78. The van der Waals surface area contributed by atoms with Crippen molar-refractivity contribution in [2.24, 2.45) is 5.10 Å². The minimum absolute atomic E-state index is 0.0832. The van der Waals surface area contributed by atoms with E-state index in [1.807, 2.05) is 48.7 Å². The third-order valence-electron chi connectivity index (χ3n) is 4.96. The number of carbonyl (C=O) groups is 1.